The van der Waals surface area contributed by atoms with Crippen molar-refractivity contribution in [1.29, 1.82) is 5.26 Å². The number of fused-ring (bicyclic) bond motifs is 1. The lowest BCUT2D eigenvalue weighted by Crippen LogP contribution is -2.42. The number of nitriles is 1. The van der Waals surface area contributed by atoms with Gasteiger partial charge >= 0.3 is 0 Å². The molecule has 31 heavy (non-hydrogen) atoms. The number of carbonyl (C=O) groups excluding carboxylic acids is 2. The summed E-state index contributed by atoms with van der Waals surface area (Å²) in [5.41, 5.74) is 0.983. The van der Waals surface area contributed by atoms with Crippen LogP contribution in [0, 0.1) is 11.3 Å². The lowest BCUT2D eigenvalue weighted by Gasteiger charge is -2.19. The van der Waals surface area contributed by atoms with Crippen molar-refractivity contribution in [3.63, 3.8) is 0 Å². The Bertz CT molecular complexity index is 1190. The highest BCUT2D eigenvalue weighted by atomic mass is 19.3. The van der Waals surface area contributed by atoms with E-state index in [2.05, 4.69) is 20.4 Å². The standard InChI is InChI=1S/C20H17F2N7O2/c21-20(22)5-15(6-23)29(12-20)18(30)9-25-19(31)14-8-26-28(10-14)11-17-24-7-13-3-1-2-4-16(13)27-17/h1-4,7-8,10,15H,5,9,11-12H2,(H,25,31)/t15-/m0/s1. The molecule has 0 aliphatic carbocycles. The Morgan fingerprint density at radius 3 is 2.90 bits per heavy atom. The van der Waals surface area contributed by atoms with Gasteiger partial charge in [-0.1, -0.05) is 18.2 Å². The number of amides is 2. The lowest BCUT2D eigenvalue weighted by atomic mass is 10.2. The molecule has 9 nitrogen and oxygen atoms in total. The van der Waals surface area contributed by atoms with E-state index >= 15 is 0 Å². The normalized spacial score (nSPS) is 17.5. The first-order valence-electron chi connectivity index (χ1n) is 9.43. The van der Waals surface area contributed by atoms with E-state index in [9.17, 15) is 18.4 Å². The number of alkyl halides is 2. The maximum Gasteiger partial charge on any atom is 0.268 e. The smallest absolute Gasteiger partial charge is 0.268 e. The van der Waals surface area contributed by atoms with E-state index in [0.717, 1.165) is 15.8 Å². The second-order valence-electron chi connectivity index (χ2n) is 7.18. The van der Waals surface area contributed by atoms with Crippen molar-refractivity contribution in [1.82, 2.24) is 30.0 Å². The number of halogens is 2. The highest BCUT2D eigenvalue weighted by Crippen LogP contribution is 2.31. The third kappa shape index (κ3) is 4.48. The van der Waals surface area contributed by atoms with Gasteiger partial charge in [-0.15, -0.1) is 0 Å². The minimum absolute atomic E-state index is 0.192. The molecule has 1 atom stereocenters. The highest BCUT2D eigenvalue weighted by molar-refractivity contribution is 5.96. The summed E-state index contributed by atoms with van der Waals surface area (Å²) < 4.78 is 28.4. The van der Waals surface area contributed by atoms with Crippen LogP contribution in [0.2, 0.25) is 0 Å². The molecule has 11 heteroatoms. The predicted molar refractivity (Wildman–Crippen MR) is 104 cm³/mol. The Balaban J connectivity index is 1.36. The molecule has 4 rings (SSSR count). The lowest BCUT2D eigenvalue weighted by molar-refractivity contribution is -0.131. The molecule has 1 fully saturated rings. The van der Waals surface area contributed by atoms with Gasteiger partial charge in [0.25, 0.3) is 11.8 Å². The molecule has 3 aromatic rings. The molecular formula is C20H17F2N7O2. The van der Waals surface area contributed by atoms with Crippen molar-refractivity contribution in [2.45, 2.75) is 24.9 Å². The van der Waals surface area contributed by atoms with E-state index in [4.69, 9.17) is 5.26 Å². The number of hydrogen-bond acceptors (Lipinski definition) is 6. The van der Waals surface area contributed by atoms with Crippen LogP contribution in [0.5, 0.6) is 0 Å². The number of nitrogens with zero attached hydrogens (tertiary/aromatic N) is 6. The summed E-state index contributed by atoms with van der Waals surface area (Å²) in [5, 5.41) is 16.4. The molecule has 158 valence electrons. The third-order valence-corrected chi connectivity index (χ3v) is 4.88. The third-order valence-electron chi connectivity index (χ3n) is 4.88. The Kier molecular flexibility index (Phi) is 5.29. The van der Waals surface area contributed by atoms with E-state index in [-0.39, 0.29) is 12.1 Å². The second kappa shape index (κ2) is 8.06. The van der Waals surface area contributed by atoms with Crippen LogP contribution < -0.4 is 5.32 Å². The maximum absolute atomic E-state index is 13.5. The molecule has 0 bridgehead atoms. The van der Waals surface area contributed by atoms with Crippen molar-refractivity contribution in [3.8, 4) is 6.07 Å². The van der Waals surface area contributed by atoms with E-state index in [1.54, 1.807) is 12.3 Å². The molecule has 1 aliphatic rings. The fourth-order valence-corrected chi connectivity index (χ4v) is 3.35. The van der Waals surface area contributed by atoms with E-state index in [1.807, 2.05) is 24.3 Å². The van der Waals surface area contributed by atoms with Gasteiger partial charge in [-0.25, -0.2) is 18.7 Å². The molecule has 2 aromatic heterocycles. The van der Waals surface area contributed by atoms with Crippen LogP contribution in [-0.4, -0.2) is 61.5 Å². The Labute approximate surface area is 175 Å². The summed E-state index contributed by atoms with van der Waals surface area (Å²) in [6.45, 7) is -1.08. The summed E-state index contributed by atoms with van der Waals surface area (Å²) in [5.74, 6) is -3.92. The van der Waals surface area contributed by atoms with E-state index in [0.29, 0.717) is 5.82 Å². The molecule has 0 unspecified atom stereocenters. The van der Waals surface area contributed by atoms with Crippen LogP contribution in [0.25, 0.3) is 10.9 Å². The van der Waals surface area contributed by atoms with Crippen LogP contribution >= 0.6 is 0 Å². The Morgan fingerprint density at radius 2 is 2.10 bits per heavy atom. The molecule has 0 saturated carbocycles. The summed E-state index contributed by atoms with van der Waals surface area (Å²) in [7, 11) is 0. The first-order chi connectivity index (χ1) is 14.8. The second-order valence-corrected chi connectivity index (χ2v) is 7.18. The van der Waals surface area contributed by atoms with Crippen molar-refractivity contribution < 1.29 is 18.4 Å². The van der Waals surface area contributed by atoms with E-state index in [1.165, 1.54) is 17.1 Å². The number of hydrogen-bond donors (Lipinski definition) is 1. The van der Waals surface area contributed by atoms with Crippen LogP contribution in [0.1, 0.15) is 22.6 Å². The quantitative estimate of drug-likeness (QED) is 0.660. The molecule has 1 saturated heterocycles. The molecule has 2 amide bonds. The minimum atomic E-state index is -3.11. The fourth-order valence-electron chi connectivity index (χ4n) is 3.35. The molecule has 1 N–H and O–H groups in total. The number of para-hydroxylation sites is 1. The summed E-state index contributed by atoms with van der Waals surface area (Å²) in [4.78, 5) is 34.0. The molecule has 0 radical (unpaired) electrons. The van der Waals surface area contributed by atoms with Crippen molar-refractivity contribution in [2.75, 3.05) is 13.1 Å². The van der Waals surface area contributed by atoms with Crippen molar-refractivity contribution >= 4 is 22.7 Å². The summed E-state index contributed by atoms with van der Waals surface area (Å²) >= 11 is 0. The average molecular weight is 425 g/mol. The number of rotatable bonds is 5. The Hall–Kier alpha value is -3.94. The maximum atomic E-state index is 13.5. The first kappa shape index (κ1) is 20.3. The van der Waals surface area contributed by atoms with Crippen LogP contribution in [0.15, 0.2) is 42.9 Å². The van der Waals surface area contributed by atoms with Crippen LogP contribution in [0.3, 0.4) is 0 Å². The summed E-state index contributed by atoms with van der Waals surface area (Å²) in [6.07, 6.45) is 3.80. The van der Waals surface area contributed by atoms with Gasteiger partial charge in [0.15, 0.2) is 0 Å². The highest BCUT2D eigenvalue weighted by Gasteiger charge is 2.47. The molecule has 1 aromatic carbocycles. The van der Waals surface area contributed by atoms with Gasteiger partial charge in [0.1, 0.15) is 18.4 Å². The van der Waals surface area contributed by atoms with Gasteiger partial charge in [-0.3, -0.25) is 14.3 Å². The zero-order valence-electron chi connectivity index (χ0n) is 16.2. The SMILES string of the molecule is N#C[C@@H]1CC(F)(F)CN1C(=O)CNC(=O)c1cnn(Cc2ncc3ccccc3n2)c1. The number of aromatic nitrogens is 4. The topological polar surface area (TPSA) is 117 Å². The van der Waals surface area contributed by atoms with Gasteiger partial charge in [-0.2, -0.15) is 10.4 Å². The van der Waals surface area contributed by atoms with Crippen LogP contribution in [0.4, 0.5) is 8.78 Å². The van der Waals surface area contributed by atoms with Crippen molar-refractivity contribution in [3.05, 3.63) is 54.2 Å². The molecule has 0 spiro atoms. The number of benzene rings is 1. The zero-order chi connectivity index (χ0) is 22.0. The molecule has 3 heterocycles. The largest absolute Gasteiger partial charge is 0.343 e. The monoisotopic (exact) mass is 425 g/mol. The van der Waals surface area contributed by atoms with Gasteiger partial charge in [0.05, 0.1) is 36.4 Å². The molecular weight excluding hydrogens is 408 g/mol. The number of nitrogens with one attached hydrogen (secondary N) is 1. The Morgan fingerprint density at radius 1 is 1.29 bits per heavy atom. The number of carbonyl (C=O) groups is 2. The van der Waals surface area contributed by atoms with Gasteiger partial charge in [-0.05, 0) is 6.07 Å². The van der Waals surface area contributed by atoms with Crippen LogP contribution in [-0.2, 0) is 11.3 Å². The first-order valence-corrected chi connectivity index (χ1v) is 9.43. The number of likely N-dealkylation sites (tertiary alicyclic amines) is 1. The van der Waals surface area contributed by atoms with E-state index < -0.39 is 43.3 Å². The predicted octanol–water partition coefficient (Wildman–Crippen LogP) is 1.36. The van der Waals surface area contributed by atoms with Gasteiger partial charge in [0.2, 0.25) is 5.91 Å². The summed E-state index contributed by atoms with van der Waals surface area (Å²) in [6, 6.07) is 8.03. The minimum Gasteiger partial charge on any atom is -0.343 e. The van der Waals surface area contributed by atoms with Gasteiger partial charge < -0.3 is 10.2 Å². The zero-order valence-corrected chi connectivity index (χ0v) is 16.2. The fraction of sp³-hybridized carbons (Fsp3) is 0.300. The average Bonchev–Trinajstić information content (AvgIpc) is 3.35. The van der Waals surface area contributed by atoms with Gasteiger partial charge in [0, 0.05) is 24.2 Å². The molecule has 1 aliphatic heterocycles. The van der Waals surface area contributed by atoms with Crippen molar-refractivity contribution in [2.24, 2.45) is 0 Å².